The Morgan fingerprint density at radius 2 is 1.51 bits per heavy atom. The van der Waals surface area contributed by atoms with Gasteiger partial charge in [0.25, 0.3) is 0 Å². The molecule has 0 saturated carbocycles. The van der Waals surface area contributed by atoms with Gasteiger partial charge >= 0.3 is 6.18 Å². The molecule has 0 spiro atoms. The highest BCUT2D eigenvalue weighted by molar-refractivity contribution is 5.84. The molecule has 0 atom stereocenters. The van der Waals surface area contributed by atoms with Crippen LogP contribution in [0.3, 0.4) is 0 Å². The summed E-state index contributed by atoms with van der Waals surface area (Å²) in [6, 6.07) is 17.0. The van der Waals surface area contributed by atoms with Crippen molar-refractivity contribution in [2.24, 2.45) is 0 Å². The van der Waals surface area contributed by atoms with E-state index in [9.17, 15) is 17.6 Å². The number of aryl methyl sites for hydroxylation is 4. The van der Waals surface area contributed by atoms with Gasteiger partial charge in [-0.3, -0.25) is 4.98 Å². The summed E-state index contributed by atoms with van der Waals surface area (Å²) < 4.78 is 75.7. The van der Waals surface area contributed by atoms with E-state index in [2.05, 4.69) is 9.72 Å². The van der Waals surface area contributed by atoms with Gasteiger partial charge in [0.05, 0.1) is 6.61 Å². The minimum absolute atomic E-state index is 0.316. The molecule has 1 aromatic heterocycles. The van der Waals surface area contributed by atoms with Crippen molar-refractivity contribution in [1.29, 1.82) is 0 Å². The van der Waals surface area contributed by atoms with Crippen LogP contribution in [0.1, 0.15) is 27.9 Å². The van der Waals surface area contributed by atoms with Crippen LogP contribution in [0, 0.1) is 11.6 Å². The van der Waals surface area contributed by atoms with Gasteiger partial charge in [0.1, 0.15) is 5.82 Å². The molecule has 4 rings (SSSR count). The number of methoxy groups -OCH3 is 1. The van der Waals surface area contributed by atoms with Crippen molar-refractivity contribution in [3.8, 4) is 5.75 Å². The Hall–Kier alpha value is -3.52. The van der Waals surface area contributed by atoms with E-state index in [1.165, 1.54) is 6.07 Å². The molecule has 3 nitrogen and oxygen atoms in total. The van der Waals surface area contributed by atoms with E-state index in [1.807, 2.05) is 30.3 Å². The second kappa shape index (κ2) is 11.7. The van der Waals surface area contributed by atoms with Crippen LogP contribution in [-0.2, 0) is 37.0 Å². The molecule has 3 aromatic carbocycles. The lowest BCUT2D eigenvalue weighted by atomic mass is 9.98. The van der Waals surface area contributed by atoms with E-state index in [4.69, 9.17) is 4.74 Å². The van der Waals surface area contributed by atoms with E-state index >= 15 is 4.39 Å². The summed E-state index contributed by atoms with van der Waals surface area (Å²) in [5.74, 6) is -1.67. The second-order valence-electron chi connectivity index (χ2n) is 8.85. The van der Waals surface area contributed by atoms with E-state index < -0.39 is 24.3 Å². The first-order valence-electron chi connectivity index (χ1n) is 11.8. The monoisotopic (exact) mass is 515 g/mol. The normalized spacial score (nSPS) is 11.7. The number of benzene rings is 3. The van der Waals surface area contributed by atoms with Gasteiger partial charge < -0.3 is 9.47 Å². The topological polar surface area (TPSA) is 31.4 Å². The number of hydrogen-bond donors (Lipinski definition) is 0. The molecule has 37 heavy (non-hydrogen) atoms. The molecule has 0 bridgehead atoms. The average molecular weight is 516 g/mol. The summed E-state index contributed by atoms with van der Waals surface area (Å²) in [6.45, 7) is -1.04. The summed E-state index contributed by atoms with van der Waals surface area (Å²) >= 11 is 0. The fourth-order valence-corrected chi connectivity index (χ4v) is 4.12. The average Bonchev–Trinajstić information content (AvgIpc) is 2.87. The van der Waals surface area contributed by atoms with Gasteiger partial charge in [0.15, 0.2) is 18.2 Å². The molecular formula is C29H26F5NO2. The van der Waals surface area contributed by atoms with E-state index in [1.54, 1.807) is 25.4 Å². The van der Waals surface area contributed by atoms with Crippen molar-refractivity contribution in [3.05, 3.63) is 106 Å². The first-order chi connectivity index (χ1) is 17.7. The largest absolute Gasteiger partial charge is 0.481 e. The highest BCUT2D eigenvalue weighted by Gasteiger charge is 2.29. The molecule has 0 unspecified atom stereocenters. The molecule has 0 radical (unpaired) electrons. The van der Waals surface area contributed by atoms with Gasteiger partial charge in [-0.1, -0.05) is 42.5 Å². The van der Waals surface area contributed by atoms with Crippen LogP contribution in [-0.4, -0.2) is 24.9 Å². The Balaban J connectivity index is 1.38. The van der Waals surface area contributed by atoms with E-state index in [0.717, 1.165) is 47.2 Å². The summed E-state index contributed by atoms with van der Waals surface area (Å²) in [4.78, 5) is 4.46. The second-order valence-corrected chi connectivity index (χ2v) is 8.85. The zero-order valence-electron chi connectivity index (χ0n) is 20.2. The molecule has 0 fully saturated rings. The van der Waals surface area contributed by atoms with Crippen molar-refractivity contribution in [3.63, 3.8) is 0 Å². The molecular weight excluding hydrogens is 489 g/mol. The lowest BCUT2D eigenvalue weighted by molar-refractivity contribution is -0.153. The van der Waals surface area contributed by atoms with Gasteiger partial charge in [0.2, 0.25) is 0 Å². The van der Waals surface area contributed by atoms with Crippen molar-refractivity contribution >= 4 is 10.8 Å². The van der Waals surface area contributed by atoms with Crippen molar-refractivity contribution in [2.45, 2.75) is 38.5 Å². The molecule has 0 amide bonds. The molecule has 0 N–H and O–H groups in total. The van der Waals surface area contributed by atoms with Crippen LogP contribution in [0.25, 0.3) is 10.8 Å². The Bertz CT molecular complexity index is 1350. The van der Waals surface area contributed by atoms with E-state index in [-0.39, 0.29) is 5.82 Å². The van der Waals surface area contributed by atoms with Gasteiger partial charge in [-0.05, 0) is 71.5 Å². The maximum absolute atomic E-state index is 15.2. The minimum Gasteiger partial charge on any atom is -0.481 e. The Morgan fingerprint density at radius 3 is 2.22 bits per heavy atom. The number of hydrogen-bond acceptors (Lipinski definition) is 3. The smallest absolute Gasteiger partial charge is 0.422 e. The van der Waals surface area contributed by atoms with Crippen molar-refractivity contribution in [2.75, 3.05) is 13.7 Å². The Labute approximate surface area is 211 Å². The first kappa shape index (κ1) is 26.5. The van der Waals surface area contributed by atoms with Gasteiger partial charge in [-0.2, -0.15) is 13.2 Å². The number of alkyl halides is 3. The van der Waals surface area contributed by atoms with Crippen LogP contribution in [0.15, 0.2) is 66.9 Å². The predicted octanol–water partition coefficient (Wildman–Crippen LogP) is 7.17. The number of fused-ring (bicyclic) bond motifs is 1. The van der Waals surface area contributed by atoms with E-state index in [0.29, 0.717) is 36.0 Å². The maximum Gasteiger partial charge on any atom is 0.422 e. The fraction of sp³-hybridized carbons (Fsp3) is 0.276. The summed E-state index contributed by atoms with van der Waals surface area (Å²) in [5, 5.41) is 1.30. The maximum atomic E-state index is 15.2. The van der Waals surface area contributed by atoms with Gasteiger partial charge in [0, 0.05) is 24.4 Å². The third-order valence-corrected chi connectivity index (χ3v) is 6.04. The standard InChI is InChI=1S/C29H26F5NO2/c1-36-17-21-4-11-24(35-16-21)10-3-19-5-12-25-23(14-19)9-8-22(28(25)31)7-2-20-6-13-27(26(30)15-20)37-18-29(32,33)34/h4-6,8-9,11-16H,2-3,7,10,17-18H2,1H3. The molecule has 0 aliphatic rings. The van der Waals surface area contributed by atoms with Gasteiger partial charge in [-0.25, -0.2) is 8.78 Å². The highest BCUT2D eigenvalue weighted by Crippen LogP contribution is 2.26. The van der Waals surface area contributed by atoms with Crippen molar-refractivity contribution in [1.82, 2.24) is 4.98 Å². The fourth-order valence-electron chi connectivity index (χ4n) is 4.12. The third kappa shape index (κ3) is 7.26. The Morgan fingerprint density at radius 1 is 0.784 bits per heavy atom. The summed E-state index contributed by atoms with van der Waals surface area (Å²) in [5.41, 5.74) is 4.08. The molecule has 4 aromatic rings. The lowest BCUT2D eigenvalue weighted by Crippen LogP contribution is -2.19. The zero-order chi connectivity index (χ0) is 26.4. The van der Waals surface area contributed by atoms with Gasteiger partial charge in [-0.15, -0.1) is 0 Å². The van der Waals surface area contributed by atoms with Crippen molar-refractivity contribution < 1.29 is 31.4 Å². The first-order valence-corrected chi connectivity index (χ1v) is 11.8. The third-order valence-electron chi connectivity index (χ3n) is 6.04. The molecule has 0 saturated heterocycles. The SMILES string of the molecule is COCc1ccc(CCc2ccc3c(F)c(CCc4ccc(OCC(F)(F)F)c(F)c4)ccc3c2)nc1. The number of pyridine rings is 1. The number of halogens is 5. The quantitative estimate of drug-likeness (QED) is 0.210. The zero-order valence-corrected chi connectivity index (χ0v) is 20.2. The molecule has 0 aliphatic carbocycles. The predicted molar refractivity (Wildman–Crippen MR) is 132 cm³/mol. The molecule has 8 heteroatoms. The summed E-state index contributed by atoms with van der Waals surface area (Å²) in [7, 11) is 1.64. The molecule has 1 heterocycles. The number of rotatable bonds is 10. The molecule has 194 valence electrons. The summed E-state index contributed by atoms with van der Waals surface area (Å²) in [6.07, 6.45) is -0.572. The highest BCUT2D eigenvalue weighted by atomic mass is 19.4. The number of aromatic nitrogens is 1. The van der Waals surface area contributed by atoms with Crippen LogP contribution >= 0.6 is 0 Å². The van der Waals surface area contributed by atoms with Crippen LogP contribution in [0.2, 0.25) is 0 Å². The van der Waals surface area contributed by atoms with Crippen LogP contribution in [0.5, 0.6) is 5.75 Å². The molecule has 0 aliphatic heterocycles. The van der Waals surface area contributed by atoms with Crippen LogP contribution in [0.4, 0.5) is 22.0 Å². The minimum atomic E-state index is -4.55. The van der Waals surface area contributed by atoms with Crippen LogP contribution < -0.4 is 4.74 Å². The Kier molecular flexibility index (Phi) is 8.38. The lowest BCUT2D eigenvalue weighted by Gasteiger charge is -2.11. The number of ether oxygens (including phenoxy) is 2. The number of nitrogens with zero attached hydrogens (tertiary/aromatic N) is 1.